The second-order valence-electron chi connectivity index (χ2n) is 4.79. The van der Waals surface area contributed by atoms with E-state index in [-0.39, 0.29) is 17.6 Å². The van der Waals surface area contributed by atoms with Gasteiger partial charge in [0.1, 0.15) is 0 Å². The Morgan fingerprint density at radius 3 is 2.50 bits per heavy atom. The third kappa shape index (κ3) is 3.54. The molecule has 0 aliphatic heterocycles. The first-order valence-corrected chi connectivity index (χ1v) is 5.18. The predicted octanol–water partition coefficient (Wildman–Crippen LogP) is 2.39. The summed E-state index contributed by atoms with van der Waals surface area (Å²) in [5.74, 6) is -1.92. The van der Waals surface area contributed by atoms with Crippen molar-refractivity contribution in [3.8, 4) is 0 Å². The van der Waals surface area contributed by atoms with Gasteiger partial charge in [-0.1, -0.05) is 12.1 Å². The topological polar surface area (TPSA) is 32.3 Å². The van der Waals surface area contributed by atoms with Gasteiger partial charge in [-0.05, 0) is 26.8 Å². The first-order chi connectivity index (χ1) is 7.31. The monoisotopic (exact) mass is 229 g/mol. The van der Waals surface area contributed by atoms with Crippen LogP contribution in [0.4, 0.5) is 8.78 Å². The smallest absolute Gasteiger partial charge is 0.164 e. The molecule has 1 rings (SSSR count). The maximum atomic E-state index is 13.3. The SMILES string of the molecule is CC(C)(C)NCC(O)c1cccc(F)c1F. The number of aliphatic hydroxyl groups is 1. The minimum Gasteiger partial charge on any atom is -0.387 e. The largest absolute Gasteiger partial charge is 0.387 e. The number of hydrogen-bond donors (Lipinski definition) is 2. The number of benzene rings is 1. The maximum absolute atomic E-state index is 13.3. The van der Waals surface area contributed by atoms with Crippen LogP contribution in [-0.4, -0.2) is 17.2 Å². The zero-order valence-corrected chi connectivity index (χ0v) is 9.72. The summed E-state index contributed by atoms with van der Waals surface area (Å²) in [6.07, 6.45) is -1.05. The number of halogens is 2. The van der Waals surface area contributed by atoms with Crippen molar-refractivity contribution in [2.75, 3.05) is 6.54 Å². The Kier molecular flexibility index (Phi) is 3.99. The highest BCUT2D eigenvalue weighted by Gasteiger charge is 2.18. The van der Waals surface area contributed by atoms with Crippen LogP contribution in [0.15, 0.2) is 18.2 Å². The first-order valence-electron chi connectivity index (χ1n) is 5.18. The molecule has 1 aromatic carbocycles. The van der Waals surface area contributed by atoms with Crippen LogP contribution in [0.1, 0.15) is 32.4 Å². The number of rotatable bonds is 3. The molecule has 0 heterocycles. The second-order valence-corrected chi connectivity index (χ2v) is 4.79. The molecule has 0 radical (unpaired) electrons. The van der Waals surface area contributed by atoms with Crippen molar-refractivity contribution in [3.05, 3.63) is 35.4 Å². The predicted molar refractivity (Wildman–Crippen MR) is 59.1 cm³/mol. The van der Waals surface area contributed by atoms with E-state index in [1.807, 2.05) is 20.8 Å². The van der Waals surface area contributed by atoms with Gasteiger partial charge in [0.2, 0.25) is 0 Å². The van der Waals surface area contributed by atoms with Gasteiger partial charge in [0.15, 0.2) is 11.6 Å². The number of β-amino-alcohol motifs (C(OH)–C–C–N with tert-alkyl or cyclic N) is 1. The van der Waals surface area contributed by atoms with Crippen LogP contribution in [-0.2, 0) is 0 Å². The molecule has 0 amide bonds. The van der Waals surface area contributed by atoms with Crippen molar-refractivity contribution in [1.29, 1.82) is 0 Å². The van der Waals surface area contributed by atoms with Crippen LogP contribution in [0, 0.1) is 11.6 Å². The Labute approximate surface area is 94.3 Å². The highest BCUT2D eigenvalue weighted by Crippen LogP contribution is 2.19. The lowest BCUT2D eigenvalue weighted by molar-refractivity contribution is 0.158. The van der Waals surface area contributed by atoms with Crippen molar-refractivity contribution >= 4 is 0 Å². The van der Waals surface area contributed by atoms with E-state index in [2.05, 4.69) is 5.32 Å². The van der Waals surface area contributed by atoms with E-state index in [1.54, 1.807) is 0 Å². The summed E-state index contributed by atoms with van der Waals surface area (Å²) in [7, 11) is 0. The Morgan fingerprint density at radius 2 is 1.94 bits per heavy atom. The van der Waals surface area contributed by atoms with Crippen LogP contribution in [0.3, 0.4) is 0 Å². The molecule has 0 saturated carbocycles. The molecule has 2 N–H and O–H groups in total. The van der Waals surface area contributed by atoms with E-state index in [9.17, 15) is 13.9 Å². The molecule has 0 aliphatic carbocycles. The Bertz CT molecular complexity index is 361. The molecule has 0 aromatic heterocycles. The summed E-state index contributed by atoms with van der Waals surface area (Å²) in [5, 5.41) is 12.7. The van der Waals surface area contributed by atoms with Gasteiger partial charge in [0.05, 0.1) is 6.10 Å². The van der Waals surface area contributed by atoms with Gasteiger partial charge in [0, 0.05) is 17.6 Å². The summed E-state index contributed by atoms with van der Waals surface area (Å²) in [6.45, 7) is 5.98. The Balaban J connectivity index is 2.73. The highest BCUT2D eigenvalue weighted by molar-refractivity contribution is 5.21. The van der Waals surface area contributed by atoms with Gasteiger partial charge < -0.3 is 10.4 Å². The number of nitrogens with one attached hydrogen (secondary N) is 1. The molecule has 1 aromatic rings. The molecule has 0 fully saturated rings. The average Bonchev–Trinajstić information content (AvgIpc) is 2.17. The summed E-state index contributed by atoms with van der Waals surface area (Å²) >= 11 is 0. The lowest BCUT2D eigenvalue weighted by atomic mass is 10.1. The third-order valence-electron chi connectivity index (χ3n) is 2.17. The Morgan fingerprint density at radius 1 is 1.31 bits per heavy atom. The molecule has 0 spiro atoms. The second kappa shape index (κ2) is 4.89. The van der Waals surface area contributed by atoms with Gasteiger partial charge >= 0.3 is 0 Å². The quantitative estimate of drug-likeness (QED) is 0.834. The van der Waals surface area contributed by atoms with Gasteiger partial charge in [-0.15, -0.1) is 0 Å². The Hall–Kier alpha value is -1.00. The molecule has 0 saturated heterocycles. The molecule has 1 unspecified atom stereocenters. The lowest BCUT2D eigenvalue weighted by Crippen LogP contribution is -2.38. The lowest BCUT2D eigenvalue weighted by Gasteiger charge is -2.23. The van der Waals surface area contributed by atoms with Gasteiger partial charge in [-0.2, -0.15) is 0 Å². The summed E-state index contributed by atoms with van der Waals surface area (Å²) in [4.78, 5) is 0. The number of hydrogen-bond acceptors (Lipinski definition) is 2. The standard InChI is InChI=1S/C12H17F2NO/c1-12(2,3)15-7-10(16)8-5-4-6-9(13)11(8)14/h4-6,10,15-16H,7H2,1-3H3. The minimum absolute atomic E-state index is 0.0169. The molecule has 0 bridgehead atoms. The minimum atomic E-state index is -1.05. The van der Waals surface area contributed by atoms with E-state index in [1.165, 1.54) is 12.1 Å². The van der Waals surface area contributed by atoms with E-state index < -0.39 is 17.7 Å². The zero-order valence-electron chi connectivity index (χ0n) is 9.72. The molecular formula is C12H17F2NO. The van der Waals surface area contributed by atoms with E-state index in [0.29, 0.717) is 0 Å². The molecular weight excluding hydrogens is 212 g/mol. The molecule has 2 nitrogen and oxygen atoms in total. The van der Waals surface area contributed by atoms with Crippen molar-refractivity contribution < 1.29 is 13.9 Å². The molecule has 0 aliphatic rings. The average molecular weight is 229 g/mol. The van der Waals surface area contributed by atoms with E-state index >= 15 is 0 Å². The van der Waals surface area contributed by atoms with Crippen molar-refractivity contribution in [2.45, 2.75) is 32.4 Å². The van der Waals surface area contributed by atoms with E-state index in [4.69, 9.17) is 0 Å². The summed E-state index contributed by atoms with van der Waals surface area (Å²) in [5.41, 5.74) is -0.193. The summed E-state index contributed by atoms with van der Waals surface area (Å²) < 4.78 is 26.2. The van der Waals surface area contributed by atoms with Crippen LogP contribution in [0.2, 0.25) is 0 Å². The highest BCUT2D eigenvalue weighted by atomic mass is 19.2. The van der Waals surface area contributed by atoms with Gasteiger partial charge in [-0.25, -0.2) is 8.78 Å². The van der Waals surface area contributed by atoms with Gasteiger partial charge in [-0.3, -0.25) is 0 Å². The van der Waals surface area contributed by atoms with Crippen LogP contribution in [0.25, 0.3) is 0 Å². The fourth-order valence-electron chi connectivity index (χ4n) is 1.29. The van der Waals surface area contributed by atoms with Gasteiger partial charge in [0.25, 0.3) is 0 Å². The van der Waals surface area contributed by atoms with Crippen LogP contribution >= 0.6 is 0 Å². The molecule has 90 valence electrons. The van der Waals surface area contributed by atoms with Crippen LogP contribution in [0.5, 0.6) is 0 Å². The normalized spacial score (nSPS) is 13.9. The van der Waals surface area contributed by atoms with E-state index in [0.717, 1.165) is 6.07 Å². The molecule has 1 atom stereocenters. The first kappa shape index (κ1) is 13.1. The van der Waals surface area contributed by atoms with Crippen molar-refractivity contribution in [1.82, 2.24) is 5.32 Å². The number of aliphatic hydroxyl groups excluding tert-OH is 1. The third-order valence-corrected chi connectivity index (χ3v) is 2.17. The zero-order chi connectivity index (χ0) is 12.3. The fourth-order valence-corrected chi connectivity index (χ4v) is 1.29. The molecule has 16 heavy (non-hydrogen) atoms. The fraction of sp³-hybridized carbons (Fsp3) is 0.500. The molecule has 4 heteroatoms. The maximum Gasteiger partial charge on any atom is 0.164 e. The summed E-state index contributed by atoms with van der Waals surface area (Å²) in [6, 6.07) is 3.80. The van der Waals surface area contributed by atoms with Crippen LogP contribution < -0.4 is 5.32 Å². The van der Waals surface area contributed by atoms with Crippen molar-refractivity contribution in [2.24, 2.45) is 0 Å². The van der Waals surface area contributed by atoms with Crippen molar-refractivity contribution in [3.63, 3.8) is 0 Å².